The third-order valence-electron chi connectivity index (χ3n) is 4.95. The molecule has 2 N–H and O–H groups in total. The van der Waals surface area contributed by atoms with Gasteiger partial charge in [-0.2, -0.15) is 0 Å². The van der Waals surface area contributed by atoms with Crippen molar-refractivity contribution < 1.29 is 19.3 Å². The molecule has 0 radical (unpaired) electrons. The number of aromatic nitrogens is 2. The number of H-pyrrole nitrogens is 1. The number of nitrogens with one attached hydrogen (secondary N) is 1. The lowest BCUT2D eigenvalue weighted by atomic mass is 10.1. The van der Waals surface area contributed by atoms with Crippen LogP contribution in [0.3, 0.4) is 0 Å². The Bertz CT molecular complexity index is 1170. The third kappa shape index (κ3) is 3.39. The van der Waals surface area contributed by atoms with E-state index in [1.165, 1.54) is 14.2 Å². The molecule has 0 aliphatic carbocycles. The molecule has 29 heavy (non-hydrogen) atoms. The van der Waals surface area contributed by atoms with Crippen LogP contribution in [-0.4, -0.2) is 36.4 Å². The number of hydrogen-bond acceptors (Lipinski definition) is 5. The lowest BCUT2D eigenvalue weighted by molar-refractivity contribution is 0.141. The van der Waals surface area contributed by atoms with E-state index in [1.807, 2.05) is 36.4 Å². The molecule has 0 spiro atoms. The number of aromatic amines is 1. The highest BCUT2D eigenvalue weighted by atomic mass is 16.5. The van der Waals surface area contributed by atoms with Crippen molar-refractivity contribution in [3.05, 3.63) is 66.0 Å². The maximum Gasteiger partial charge on any atom is 0.200 e. The summed E-state index contributed by atoms with van der Waals surface area (Å²) < 4.78 is 16.2. The normalized spacial score (nSPS) is 12.7. The highest BCUT2D eigenvalue weighted by Gasteiger charge is 2.16. The van der Waals surface area contributed by atoms with Crippen LogP contribution in [-0.2, 0) is 4.74 Å². The number of fused-ring (bicyclic) bond motifs is 3. The van der Waals surface area contributed by atoms with E-state index < -0.39 is 0 Å². The number of pyridine rings is 1. The highest BCUT2D eigenvalue weighted by molar-refractivity contribution is 6.07. The second-order valence-corrected chi connectivity index (χ2v) is 6.58. The highest BCUT2D eigenvalue weighted by Crippen LogP contribution is 2.38. The fourth-order valence-corrected chi connectivity index (χ4v) is 3.50. The summed E-state index contributed by atoms with van der Waals surface area (Å²) in [5.74, 6) is 0.655. The van der Waals surface area contributed by atoms with Gasteiger partial charge in [0.25, 0.3) is 0 Å². The average Bonchev–Trinajstić information content (AvgIpc) is 3.14. The first kappa shape index (κ1) is 18.8. The van der Waals surface area contributed by atoms with Crippen molar-refractivity contribution in [2.45, 2.75) is 6.10 Å². The van der Waals surface area contributed by atoms with E-state index in [4.69, 9.17) is 14.2 Å². The third-order valence-corrected chi connectivity index (χ3v) is 4.95. The van der Waals surface area contributed by atoms with Crippen molar-refractivity contribution in [3.8, 4) is 17.2 Å². The van der Waals surface area contributed by atoms with Gasteiger partial charge in [0, 0.05) is 29.6 Å². The number of para-hydroxylation sites is 1. The van der Waals surface area contributed by atoms with Gasteiger partial charge in [-0.05, 0) is 35.9 Å². The maximum atomic E-state index is 10.1. The Labute approximate surface area is 168 Å². The van der Waals surface area contributed by atoms with Gasteiger partial charge in [0.15, 0.2) is 11.5 Å². The van der Waals surface area contributed by atoms with Gasteiger partial charge in [0.2, 0.25) is 5.75 Å². The van der Waals surface area contributed by atoms with Gasteiger partial charge in [-0.3, -0.25) is 4.98 Å². The zero-order valence-corrected chi connectivity index (χ0v) is 16.5. The van der Waals surface area contributed by atoms with Crippen molar-refractivity contribution in [3.63, 3.8) is 0 Å². The summed E-state index contributed by atoms with van der Waals surface area (Å²) >= 11 is 0. The molecule has 1 atom stereocenters. The van der Waals surface area contributed by atoms with Gasteiger partial charge in [-0.15, -0.1) is 0 Å². The number of nitrogens with zero attached hydrogens (tertiary/aromatic N) is 1. The molecule has 4 aromatic rings. The number of rotatable bonds is 6. The molecule has 4 rings (SSSR count). The molecule has 0 aliphatic heterocycles. The van der Waals surface area contributed by atoms with E-state index in [0.717, 1.165) is 33.1 Å². The minimum Gasteiger partial charge on any atom is -0.502 e. The van der Waals surface area contributed by atoms with Crippen molar-refractivity contribution in [1.29, 1.82) is 0 Å². The van der Waals surface area contributed by atoms with Crippen LogP contribution in [0.5, 0.6) is 17.2 Å². The van der Waals surface area contributed by atoms with Gasteiger partial charge in [0.1, 0.15) is 6.10 Å². The first-order valence-corrected chi connectivity index (χ1v) is 9.17. The van der Waals surface area contributed by atoms with Crippen LogP contribution in [0.25, 0.3) is 27.9 Å². The molecule has 6 heteroatoms. The van der Waals surface area contributed by atoms with Crippen LogP contribution in [0.1, 0.15) is 17.4 Å². The van der Waals surface area contributed by atoms with Crippen LogP contribution in [0.15, 0.2) is 54.7 Å². The zero-order chi connectivity index (χ0) is 20.4. The summed E-state index contributed by atoms with van der Waals surface area (Å²) in [6.45, 7) is 0. The topological polar surface area (TPSA) is 76.6 Å². The van der Waals surface area contributed by atoms with Crippen molar-refractivity contribution >= 4 is 27.9 Å². The van der Waals surface area contributed by atoms with E-state index in [1.54, 1.807) is 25.4 Å². The van der Waals surface area contributed by atoms with E-state index >= 15 is 0 Å². The van der Waals surface area contributed by atoms with Gasteiger partial charge < -0.3 is 24.3 Å². The minimum atomic E-state index is -0.363. The molecule has 0 bridgehead atoms. The largest absolute Gasteiger partial charge is 0.502 e. The Morgan fingerprint density at radius 1 is 1.00 bits per heavy atom. The fraction of sp³-hybridized carbons (Fsp3) is 0.174. The lowest BCUT2D eigenvalue weighted by Gasteiger charge is -2.12. The van der Waals surface area contributed by atoms with E-state index in [2.05, 4.69) is 16.0 Å². The summed E-state index contributed by atoms with van der Waals surface area (Å²) in [6.07, 6.45) is 5.24. The SMILES string of the molecule is COc1cc(/C=C/[C@H](OC)c2nccc3c2[nH]c2ccccc23)cc(OC)c1O. The molecule has 0 saturated heterocycles. The monoisotopic (exact) mass is 390 g/mol. The first-order chi connectivity index (χ1) is 14.2. The molecule has 0 unspecified atom stereocenters. The molecule has 0 aliphatic rings. The molecule has 6 nitrogen and oxygen atoms in total. The van der Waals surface area contributed by atoms with Gasteiger partial charge in [0.05, 0.1) is 25.4 Å². The van der Waals surface area contributed by atoms with Crippen LogP contribution >= 0.6 is 0 Å². The van der Waals surface area contributed by atoms with Crippen molar-refractivity contribution in [2.75, 3.05) is 21.3 Å². The fourth-order valence-electron chi connectivity index (χ4n) is 3.50. The van der Waals surface area contributed by atoms with Crippen molar-refractivity contribution in [1.82, 2.24) is 9.97 Å². The predicted octanol–water partition coefficient (Wildman–Crippen LogP) is 4.84. The molecule has 2 aromatic carbocycles. The molecule has 2 aromatic heterocycles. The zero-order valence-electron chi connectivity index (χ0n) is 16.5. The molecule has 0 amide bonds. The summed E-state index contributed by atoms with van der Waals surface area (Å²) in [5.41, 5.74) is 3.62. The van der Waals surface area contributed by atoms with E-state index in [9.17, 15) is 5.11 Å². The molecule has 0 saturated carbocycles. The second-order valence-electron chi connectivity index (χ2n) is 6.58. The molecular formula is C23H22N2O4. The summed E-state index contributed by atoms with van der Waals surface area (Å²) in [7, 11) is 4.65. The minimum absolute atomic E-state index is 0.0278. The van der Waals surface area contributed by atoms with Crippen LogP contribution in [0, 0.1) is 0 Å². The Morgan fingerprint density at radius 3 is 2.41 bits per heavy atom. The number of phenols is 1. The molecule has 148 valence electrons. The van der Waals surface area contributed by atoms with Gasteiger partial charge in [-0.25, -0.2) is 0 Å². The second kappa shape index (κ2) is 7.85. The Kier molecular flexibility index (Phi) is 5.10. The Balaban J connectivity index is 1.75. The Morgan fingerprint density at radius 2 is 1.72 bits per heavy atom. The van der Waals surface area contributed by atoms with Gasteiger partial charge in [-0.1, -0.05) is 24.3 Å². The number of methoxy groups -OCH3 is 3. The quantitative estimate of drug-likeness (QED) is 0.493. The smallest absolute Gasteiger partial charge is 0.200 e. The van der Waals surface area contributed by atoms with Crippen LogP contribution < -0.4 is 9.47 Å². The van der Waals surface area contributed by atoms with Crippen LogP contribution in [0.4, 0.5) is 0 Å². The van der Waals surface area contributed by atoms with Gasteiger partial charge >= 0.3 is 0 Å². The average molecular weight is 390 g/mol. The lowest BCUT2D eigenvalue weighted by Crippen LogP contribution is -2.01. The number of benzene rings is 2. The molecular weight excluding hydrogens is 368 g/mol. The number of ether oxygens (including phenoxy) is 3. The summed E-state index contributed by atoms with van der Waals surface area (Å²) in [5, 5.41) is 12.3. The van der Waals surface area contributed by atoms with E-state index in [-0.39, 0.29) is 11.9 Å². The molecule has 0 fully saturated rings. The number of aromatic hydroxyl groups is 1. The maximum absolute atomic E-state index is 10.1. The predicted molar refractivity (Wildman–Crippen MR) is 114 cm³/mol. The first-order valence-electron chi connectivity index (χ1n) is 9.17. The van der Waals surface area contributed by atoms with Crippen LogP contribution in [0.2, 0.25) is 0 Å². The Hall–Kier alpha value is -3.51. The number of phenolic OH excluding ortho intramolecular Hbond substituents is 1. The standard InChI is InChI=1S/C23H22N2O4/c1-27-18(9-8-14-12-19(28-2)23(26)20(13-14)29-3)22-21-16(10-11-24-22)15-6-4-5-7-17(15)25-21/h4-13,18,25-26H,1-3H3/b9-8+/t18-/m0/s1. The van der Waals surface area contributed by atoms with E-state index in [0.29, 0.717) is 11.5 Å². The number of hydrogen-bond donors (Lipinski definition) is 2. The summed E-state index contributed by atoms with van der Waals surface area (Å²) in [4.78, 5) is 8.02. The summed E-state index contributed by atoms with van der Waals surface area (Å²) in [6, 6.07) is 13.6. The molecule has 2 heterocycles. The van der Waals surface area contributed by atoms with Crippen molar-refractivity contribution in [2.24, 2.45) is 0 Å².